The molecule has 0 bridgehead atoms. The number of hydrogen-bond donors (Lipinski definition) is 1. The number of carbonyl (C=O) groups is 2. The van der Waals surface area contributed by atoms with E-state index in [1.807, 2.05) is 0 Å². The minimum atomic E-state index is 0.0344. The zero-order valence-electron chi connectivity index (χ0n) is 11.0. The fourth-order valence-corrected chi connectivity index (χ4v) is 2.32. The molecule has 0 saturated carbocycles. The highest BCUT2D eigenvalue weighted by Gasteiger charge is 2.25. The molecule has 1 N–H and O–H groups in total. The number of nitrogens with one attached hydrogen (secondary N) is 1. The Kier molecular flexibility index (Phi) is 4.54. The van der Waals surface area contributed by atoms with Crippen molar-refractivity contribution in [1.82, 2.24) is 20.0 Å². The molecule has 0 radical (unpaired) electrons. The monoisotopic (exact) mass is 254 g/mol. The molecule has 18 heavy (non-hydrogen) atoms. The molecule has 102 valence electrons. The van der Waals surface area contributed by atoms with Gasteiger partial charge in [0.1, 0.15) is 0 Å². The number of rotatable bonds is 2. The predicted octanol–water partition coefficient (Wildman–Crippen LogP) is -1.42. The van der Waals surface area contributed by atoms with Crippen LogP contribution in [0.5, 0.6) is 0 Å². The Morgan fingerprint density at radius 2 is 2.06 bits per heavy atom. The number of nitrogens with zero attached hydrogens (tertiary/aromatic N) is 3. The predicted molar refractivity (Wildman–Crippen MR) is 68.1 cm³/mol. The lowest BCUT2D eigenvalue weighted by Crippen LogP contribution is -2.53. The van der Waals surface area contributed by atoms with E-state index in [4.69, 9.17) is 0 Å². The summed E-state index contributed by atoms with van der Waals surface area (Å²) in [6.45, 7) is 5.82. The van der Waals surface area contributed by atoms with Crippen molar-refractivity contribution in [2.75, 3.05) is 59.4 Å². The number of carbonyl (C=O) groups excluding carboxylic acids is 2. The number of likely N-dealkylation sites (N-methyl/N-ethyl adjacent to an activating group) is 1. The first kappa shape index (κ1) is 13.3. The van der Waals surface area contributed by atoms with E-state index in [0.717, 1.165) is 32.6 Å². The van der Waals surface area contributed by atoms with Gasteiger partial charge in [0.15, 0.2) is 0 Å². The maximum absolute atomic E-state index is 12.1. The van der Waals surface area contributed by atoms with Gasteiger partial charge in [-0.25, -0.2) is 0 Å². The van der Waals surface area contributed by atoms with Gasteiger partial charge in [0.2, 0.25) is 11.8 Å². The summed E-state index contributed by atoms with van der Waals surface area (Å²) in [5, 5.41) is 3.32. The smallest absolute Gasteiger partial charge is 0.241 e. The van der Waals surface area contributed by atoms with Gasteiger partial charge in [-0.1, -0.05) is 0 Å². The van der Waals surface area contributed by atoms with Crippen molar-refractivity contribution in [3.63, 3.8) is 0 Å². The van der Waals surface area contributed by atoms with E-state index in [1.165, 1.54) is 0 Å². The van der Waals surface area contributed by atoms with Crippen LogP contribution in [0.15, 0.2) is 0 Å². The quantitative estimate of drug-likeness (QED) is 0.657. The topological polar surface area (TPSA) is 55.9 Å². The van der Waals surface area contributed by atoms with E-state index in [0.29, 0.717) is 19.6 Å². The second-order valence-corrected chi connectivity index (χ2v) is 5.01. The van der Waals surface area contributed by atoms with Crippen LogP contribution in [0.3, 0.4) is 0 Å². The average Bonchev–Trinajstić information content (AvgIpc) is 2.61. The van der Waals surface area contributed by atoms with Crippen LogP contribution in [-0.4, -0.2) is 85.9 Å². The van der Waals surface area contributed by atoms with Crippen LogP contribution < -0.4 is 5.32 Å². The Morgan fingerprint density at radius 1 is 1.22 bits per heavy atom. The molecule has 0 atom stereocenters. The van der Waals surface area contributed by atoms with Crippen molar-refractivity contribution in [2.24, 2.45) is 0 Å². The van der Waals surface area contributed by atoms with Crippen molar-refractivity contribution in [1.29, 1.82) is 0 Å². The Hall–Kier alpha value is -1.14. The van der Waals surface area contributed by atoms with Gasteiger partial charge >= 0.3 is 0 Å². The van der Waals surface area contributed by atoms with Gasteiger partial charge in [-0.2, -0.15) is 0 Å². The SMILES string of the molecule is CN1CCN(C(=O)CN2CCCNCC2)CC1=O. The van der Waals surface area contributed by atoms with E-state index in [9.17, 15) is 9.59 Å². The van der Waals surface area contributed by atoms with E-state index in [-0.39, 0.29) is 18.4 Å². The van der Waals surface area contributed by atoms with Gasteiger partial charge in [0.05, 0.1) is 13.1 Å². The minimum absolute atomic E-state index is 0.0344. The van der Waals surface area contributed by atoms with E-state index < -0.39 is 0 Å². The molecular formula is C12H22N4O2. The Morgan fingerprint density at radius 3 is 2.83 bits per heavy atom. The third-order valence-electron chi connectivity index (χ3n) is 3.60. The molecule has 0 aromatic carbocycles. The fourth-order valence-electron chi connectivity index (χ4n) is 2.32. The summed E-state index contributed by atoms with van der Waals surface area (Å²) in [7, 11) is 1.78. The summed E-state index contributed by atoms with van der Waals surface area (Å²) in [6.07, 6.45) is 1.08. The van der Waals surface area contributed by atoms with E-state index in [2.05, 4.69) is 10.2 Å². The molecule has 2 aliphatic heterocycles. The molecule has 2 saturated heterocycles. The lowest BCUT2D eigenvalue weighted by molar-refractivity contribution is -0.144. The maximum Gasteiger partial charge on any atom is 0.241 e. The van der Waals surface area contributed by atoms with Gasteiger partial charge < -0.3 is 15.1 Å². The molecule has 2 fully saturated rings. The van der Waals surface area contributed by atoms with Gasteiger partial charge in [0.25, 0.3) is 0 Å². The molecule has 0 unspecified atom stereocenters. The Balaban J connectivity index is 1.81. The Labute approximate surface area is 108 Å². The van der Waals surface area contributed by atoms with Gasteiger partial charge in [-0.05, 0) is 19.5 Å². The standard InChI is InChI=1S/C12H22N4O2/c1-14-7-8-16(10-11(14)17)12(18)9-15-5-2-3-13-4-6-15/h13H,2-10H2,1H3. The van der Waals surface area contributed by atoms with Crippen molar-refractivity contribution >= 4 is 11.8 Å². The van der Waals surface area contributed by atoms with E-state index >= 15 is 0 Å². The lowest BCUT2D eigenvalue weighted by atomic mass is 10.3. The summed E-state index contributed by atoms with van der Waals surface area (Å²) >= 11 is 0. The van der Waals surface area contributed by atoms with Crippen LogP contribution in [0.4, 0.5) is 0 Å². The molecule has 2 aliphatic rings. The third kappa shape index (κ3) is 3.43. The van der Waals surface area contributed by atoms with Crippen LogP contribution in [0.2, 0.25) is 0 Å². The zero-order chi connectivity index (χ0) is 13.0. The molecule has 2 heterocycles. The van der Waals surface area contributed by atoms with Crippen LogP contribution in [0.1, 0.15) is 6.42 Å². The molecule has 0 aromatic heterocycles. The number of hydrogen-bond acceptors (Lipinski definition) is 4. The summed E-state index contributed by atoms with van der Waals surface area (Å²) in [5.41, 5.74) is 0. The number of piperazine rings is 1. The lowest BCUT2D eigenvalue weighted by Gasteiger charge is -2.33. The molecule has 2 rings (SSSR count). The van der Waals surface area contributed by atoms with Gasteiger partial charge in [-0.3, -0.25) is 14.5 Å². The highest BCUT2D eigenvalue weighted by molar-refractivity contribution is 5.86. The average molecular weight is 254 g/mol. The molecular weight excluding hydrogens is 232 g/mol. The summed E-state index contributed by atoms with van der Waals surface area (Å²) in [4.78, 5) is 29.2. The first-order valence-electron chi connectivity index (χ1n) is 6.61. The molecule has 6 heteroatoms. The molecule has 2 amide bonds. The van der Waals surface area contributed by atoms with Crippen LogP contribution >= 0.6 is 0 Å². The summed E-state index contributed by atoms with van der Waals surface area (Å²) in [6, 6.07) is 0. The first-order valence-corrected chi connectivity index (χ1v) is 6.61. The zero-order valence-corrected chi connectivity index (χ0v) is 11.0. The third-order valence-corrected chi connectivity index (χ3v) is 3.60. The fraction of sp³-hybridized carbons (Fsp3) is 0.833. The van der Waals surface area contributed by atoms with Crippen molar-refractivity contribution in [2.45, 2.75) is 6.42 Å². The maximum atomic E-state index is 12.1. The second kappa shape index (κ2) is 6.15. The molecule has 0 aliphatic carbocycles. The second-order valence-electron chi connectivity index (χ2n) is 5.01. The van der Waals surface area contributed by atoms with Crippen molar-refractivity contribution in [3.8, 4) is 0 Å². The van der Waals surface area contributed by atoms with Crippen LogP contribution in [0, 0.1) is 0 Å². The number of amides is 2. The van der Waals surface area contributed by atoms with Gasteiger partial charge in [0, 0.05) is 33.2 Å². The highest BCUT2D eigenvalue weighted by atomic mass is 16.2. The minimum Gasteiger partial charge on any atom is -0.342 e. The molecule has 0 aromatic rings. The Bertz CT molecular complexity index is 313. The van der Waals surface area contributed by atoms with Crippen molar-refractivity contribution < 1.29 is 9.59 Å². The molecule has 0 spiro atoms. The highest BCUT2D eigenvalue weighted by Crippen LogP contribution is 2.03. The van der Waals surface area contributed by atoms with E-state index in [1.54, 1.807) is 16.8 Å². The summed E-state index contributed by atoms with van der Waals surface area (Å²) in [5.74, 6) is 0.116. The summed E-state index contributed by atoms with van der Waals surface area (Å²) < 4.78 is 0. The first-order chi connectivity index (χ1) is 8.66. The van der Waals surface area contributed by atoms with Gasteiger partial charge in [-0.15, -0.1) is 0 Å². The molecule has 6 nitrogen and oxygen atoms in total. The van der Waals surface area contributed by atoms with Crippen LogP contribution in [0.25, 0.3) is 0 Å². The van der Waals surface area contributed by atoms with Crippen molar-refractivity contribution in [3.05, 3.63) is 0 Å². The normalized spacial score (nSPS) is 23.1. The van der Waals surface area contributed by atoms with Crippen LogP contribution in [-0.2, 0) is 9.59 Å². The largest absolute Gasteiger partial charge is 0.342 e.